The molecule has 1 aliphatic carbocycles. The number of allylic oxidation sites excluding steroid dienone is 2. The molecule has 0 amide bonds. The number of ether oxygens (including phenoxy) is 2. The SMILES string of the molecule is O=C(O)CCCC=CC[C@H]1[C@H](N2CCOCC2)C(=O)C[C@H]1OCc1cc(Cc2ccccc2)cs1. The number of Topliss-reactive ketones (excluding diaryl/α,β-unsaturated/α-hetero) is 1. The quantitative estimate of drug-likeness (QED) is 0.338. The Morgan fingerprint density at radius 3 is 2.74 bits per heavy atom. The molecule has 0 spiro atoms. The molecule has 3 atom stereocenters. The Hall–Kier alpha value is -2.32. The summed E-state index contributed by atoms with van der Waals surface area (Å²) in [4.78, 5) is 27.2. The normalized spacial score (nSPS) is 23.3. The number of carboxylic acids is 1. The summed E-state index contributed by atoms with van der Waals surface area (Å²) in [6, 6.07) is 12.5. The predicted octanol–water partition coefficient (Wildman–Crippen LogP) is 4.72. The second kappa shape index (κ2) is 13.1. The first-order chi connectivity index (χ1) is 17.1. The lowest BCUT2D eigenvalue weighted by atomic mass is 9.95. The van der Waals surface area contributed by atoms with Crippen LogP contribution in [0.3, 0.4) is 0 Å². The predicted molar refractivity (Wildman–Crippen MR) is 137 cm³/mol. The molecule has 1 saturated carbocycles. The van der Waals surface area contributed by atoms with E-state index in [1.807, 2.05) is 12.1 Å². The number of nitrogens with zero attached hydrogens (tertiary/aromatic N) is 1. The molecular weight excluding hydrogens is 462 g/mol. The lowest BCUT2D eigenvalue weighted by Gasteiger charge is -2.35. The highest BCUT2D eigenvalue weighted by Gasteiger charge is 2.45. The summed E-state index contributed by atoms with van der Waals surface area (Å²) >= 11 is 1.71. The molecule has 6 nitrogen and oxygen atoms in total. The highest BCUT2D eigenvalue weighted by molar-refractivity contribution is 7.10. The van der Waals surface area contributed by atoms with E-state index >= 15 is 0 Å². The Bertz CT molecular complexity index is 982. The van der Waals surface area contributed by atoms with Crippen LogP contribution in [0.2, 0.25) is 0 Å². The molecule has 0 radical (unpaired) electrons. The Morgan fingerprint density at radius 1 is 1.17 bits per heavy atom. The van der Waals surface area contributed by atoms with Gasteiger partial charge in [-0.25, -0.2) is 0 Å². The third-order valence-corrected chi connectivity index (χ3v) is 7.75. The van der Waals surface area contributed by atoms with E-state index in [1.54, 1.807) is 11.3 Å². The lowest BCUT2D eigenvalue weighted by Crippen LogP contribution is -2.49. The second-order valence-electron chi connectivity index (χ2n) is 9.35. The summed E-state index contributed by atoms with van der Waals surface area (Å²) in [6.07, 6.45) is 7.71. The Balaban J connectivity index is 1.36. The summed E-state index contributed by atoms with van der Waals surface area (Å²) in [5.41, 5.74) is 2.58. The molecule has 2 fully saturated rings. The molecule has 0 bridgehead atoms. The van der Waals surface area contributed by atoms with Crippen molar-refractivity contribution >= 4 is 23.1 Å². The van der Waals surface area contributed by atoms with E-state index < -0.39 is 5.97 Å². The van der Waals surface area contributed by atoms with Crippen molar-refractivity contribution in [3.8, 4) is 0 Å². The first-order valence-electron chi connectivity index (χ1n) is 12.5. The number of benzene rings is 1. The van der Waals surface area contributed by atoms with Gasteiger partial charge in [-0.2, -0.15) is 0 Å². The minimum Gasteiger partial charge on any atom is -0.481 e. The number of hydrogen-bond donors (Lipinski definition) is 1. The van der Waals surface area contributed by atoms with Crippen LogP contribution >= 0.6 is 11.3 Å². The molecule has 2 aliphatic rings. The number of aliphatic carboxylic acids is 1. The summed E-state index contributed by atoms with van der Waals surface area (Å²) in [6.45, 7) is 3.39. The van der Waals surface area contributed by atoms with Gasteiger partial charge in [-0.05, 0) is 48.3 Å². The number of carbonyl (C=O) groups excluding carboxylic acids is 1. The maximum absolute atomic E-state index is 13.1. The van der Waals surface area contributed by atoms with Crippen LogP contribution in [0.15, 0.2) is 53.9 Å². The lowest BCUT2D eigenvalue weighted by molar-refractivity contribution is -0.137. The average molecular weight is 498 g/mol. The number of unbranched alkanes of at least 4 members (excludes halogenated alkanes) is 1. The molecule has 7 heteroatoms. The molecule has 1 aliphatic heterocycles. The van der Waals surface area contributed by atoms with Gasteiger partial charge in [-0.3, -0.25) is 14.5 Å². The molecule has 1 N–H and O–H groups in total. The number of carboxylic acid groups (broad SMARTS) is 1. The summed E-state index contributed by atoms with van der Waals surface area (Å²) in [5, 5.41) is 11.0. The fourth-order valence-electron chi connectivity index (χ4n) is 5.06. The standard InChI is InChI=1S/C28H35NO5S/c30-25-18-26(34-19-23-17-22(20-35-23)16-21-8-4-3-5-9-21)24(10-6-1-2-7-11-27(31)32)28(25)29-12-14-33-15-13-29/h1,3-6,8-9,17,20,24,26,28H,2,7,10-16,18-19H2,(H,31,32)/t24-,26-,28+/m1/s1. The van der Waals surface area contributed by atoms with Gasteiger partial charge in [-0.15, -0.1) is 11.3 Å². The molecule has 0 unspecified atom stereocenters. The fourth-order valence-corrected chi connectivity index (χ4v) is 5.87. The molecule has 188 valence electrons. The number of rotatable bonds is 12. The number of thiophene rings is 1. The summed E-state index contributed by atoms with van der Waals surface area (Å²) in [7, 11) is 0. The highest BCUT2D eigenvalue weighted by atomic mass is 32.1. The zero-order valence-corrected chi connectivity index (χ0v) is 21.0. The van der Waals surface area contributed by atoms with Crippen LogP contribution in [-0.4, -0.2) is 60.2 Å². The van der Waals surface area contributed by atoms with E-state index in [-0.39, 0.29) is 30.3 Å². The minimum absolute atomic E-state index is 0.0973. The maximum atomic E-state index is 13.1. The largest absolute Gasteiger partial charge is 0.481 e. The third-order valence-electron chi connectivity index (χ3n) is 6.79. The molecule has 4 rings (SSSR count). The van der Waals surface area contributed by atoms with E-state index in [1.165, 1.54) is 16.0 Å². The molecule has 1 saturated heterocycles. The molecule has 1 aromatic carbocycles. The maximum Gasteiger partial charge on any atom is 0.303 e. The first kappa shape index (κ1) is 25.8. The van der Waals surface area contributed by atoms with Crippen molar-refractivity contribution in [3.05, 3.63) is 69.9 Å². The van der Waals surface area contributed by atoms with Gasteiger partial charge in [0.25, 0.3) is 0 Å². The zero-order chi connectivity index (χ0) is 24.5. The number of carbonyl (C=O) groups is 2. The first-order valence-corrected chi connectivity index (χ1v) is 13.4. The smallest absolute Gasteiger partial charge is 0.303 e. The Morgan fingerprint density at radius 2 is 1.97 bits per heavy atom. The van der Waals surface area contributed by atoms with Crippen molar-refractivity contribution in [2.75, 3.05) is 26.3 Å². The van der Waals surface area contributed by atoms with Crippen LogP contribution in [0, 0.1) is 5.92 Å². The molecule has 35 heavy (non-hydrogen) atoms. The minimum atomic E-state index is -0.763. The van der Waals surface area contributed by atoms with E-state index in [0.717, 1.165) is 32.4 Å². The van der Waals surface area contributed by atoms with Gasteiger partial charge in [0.05, 0.1) is 32.0 Å². The average Bonchev–Trinajstić information content (AvgIpc) is 3.44. The Kier molecular flexibility index (Phi) is 9.66. The van der Waals surface area contributed by atoms with Crippen LogP contribution in [-0.2, 0) is 32.1 Å². The number of hydrogen-bond acceptors (Lipinski definition) is 6. The monoisotopic (exact) mass is 497 g/mol. The highest BCUT2D eigenvalue weighted by Crippen LogP contribution is 2.34. The molecule has 1 aromatic heterocycles. The van der Waals surface area contributed by atoms with Crippen molar-refractivity contribution < 1.29 is 24.2 Å². The van der Waals surface area contributed by atoms with Gasteiger partial charge in [0.15, 0.2) is 5.78 Å². The van der Waals surface area contributed by atoms with E-state index in [0.29, 0.717) is 32.7 Å². The van der Waals surface area contributed by atoms with Gasteiger partial charge >= 0.3 is 5.97 Å². The third kappa shape index (κ3) is 7.58. The Labute approximate surface area is 211 Å². The molecule has 2 heterocycles. The zero-order valence-electron chi connectivity index (χ0n) is 20.1. The van der Waals surface area contributed by atoms with Crippen LogP contribution in [0.5, 0.6) is 0 Å². The molecular formula is C28H35NO5S. The van der Waals surface area contributed by atoms with Crippen molar-refractivity contribution in [3.63, 3.8) is 0 Å². The second-order valence-corrected chi connectivity index (χ2v) is 10.3. The topological polar surface area (TPSA) is 76.1 Å². The van der Waals surface area contributed by atoms with Gasteiger partial charge in [0, 0.05) is 36.7 Å². The van der Waals surface area contributed by atoms with E-state index in [2.05, 4.69) is 46.7 Å². The van der Waals surface area contributed by atoms with Crippen LogP contribution in [0.4, 0.5) is 0 Å². The van der Waals surface area contributed by atoms with Crippen molar-refractivity contribution in [1.29, 1.82) is 0 Å². The summed E-state index contributed by atoms with van der Waals surface area (Å²) in [5.74, 6) is -0.404. The number of ketones is 1. The van der Waals surface area contributed by atoms with Gasteiger partial charge in [0.1, 0.15) is 0 Å². The van der Waals surface area contributed by atoms with Crippen LogP contribution in [0.25, 0.3) is 0 Å². The summed E-state index contributed by atoms with van der Waals surface area (Å²) < 4.78 is 11.9. The van der Waals surface area contributed by atoms with Gasteiger partial charge < -0.3 is 14.6 Å². The van der Waals surface area contributed by atoms with E-state index in [9.17, 15) is 9.59 Å². The van der Waals surface area contributed by atoms with Crippen molar-refractivity contribution in [1.82, 2.24) is 4.90 Å². The van der Waals surface area contributed by atoms with Gasteiger partial charge in [0.2, 0.25) is 0 Å². The van der Waals surface area contributed by atoms with E-state index in [4.69, 9.17) is 14.6 Å². The van der Waals surface area contributed by atoms with Crippen LogP contribution in [0.1, 0.15) is 48.1 Å². The fraction of sp³-hybridized carbons (Fsp3) is 0.500. The van der Waals surface area contributed by atoms with Gasteiger partial charge in [-0.1, -0.05) is 42.5 Å². The molecule has 2 aromatic rings. The van der Waals surface area contributed by atoms with Crippen molar-refractivity contribution in [2.45, 2.75) is 57.3 Å². The number of morpholine rings is 1. The van der Waals surface area contributed by atoms with Crippen LogP contribution < -0.4 is 0 Å². The van der Waals surface area contributed by atoms with Crippen molar-refractivity contribution in [2.24, 2.45) is 5.92 Å².